The number of ether oxygens (including phenoxy) is 1. The molecule has 2 heterocycles. The Morgan fingerprint density at radius 1 is 1.07 bits per heavy atom. The van der Waals surface area contributed by atoms with Gasteiger partial charge in [-0.1, -0.05) is 23.8 Å². The lowest BCUT2D eigenvalue weighted by Gasteiger charge is -2.27. The normalized spacial score (nSPS) is 21.0. The zero-order valence-electron chi connectivity index (χ0n) is 16.9. The number of rotatable bonds is 5. The summed E-state index contributed by atoms with van der Waals surface area (Å²) in [4.78, 5) is 5.69. The van der Waals surface area contributed by atoms with Crippen molar-refractivity contribution in [2.75, 3.05) is 19.7 Å². The van der Waals surface area contributed by atoms with Gasteiger partial charge < -0.3 is 14.8 Å². The smallest absolute Gasteiger partial charge is 0.122 e. The number of aryl methyl sites for hydroxylation is 2. The quantitative estimate of drug-likeness (QED) is 0.683. The molecule has 1 atom stereocenters. The van der Waals surface area contributed by atoms with Gasteiger partial charge in [0.2, 0.25) is 0 Å². The molecule has 0 spiro atoms. The van der Waals surface area contributed by atoms with Crippen LogP contribution in [0.15, 0.2) is 48.7 Å². The molecule has 1 aliphatic heterocycles. The number of aromatic amines is 1. The van der Waals surface area contributed by atoms with Crippen LogP contribution in [0.3, 0.4) is 0 Å². The lowest BCUT2D eigenvalue weighted by Crippen LogP contribution is -2.37. The average Bonchev–Trinajstić information content (AvgIpc) is 3.05. The number of aliphatic hydroxyl groups is 1. The Morgan fingerprint density at radius 3 is 2.82 bits per heavy atom. The number of fused-ring (bicyclic) bond motifs is 1. The Morgan fingerprint density at radius 2 is 1.96 bits per heavy atom. The zero-order valence-corrected chi connectivity index (χ0v) is 16.9. The summed E-state index contributed by atoms with van der Waals surface area (Å²) in [6.07, 6.45) is 4.49. The van der Waals surface area contributed by atoms with Crippen LogP contribution in [0, 0.1) is 13.8 Å². The predicted molar refractivity (Wildman–Crippen MR) is 114 cm³/mol. The van der Waals surface area contributed by atoms with Gasteiger partial charge >= 0.3 is 0 Å². The first kappa shape index (κ1) is 19.0. The molecule has 0 unspecified atom stereocenters. The van der Waals surface area contributed by atoms with E-state index in [4.69, 9.17) is 4.74 Å². The van der Waals surface area contributed by atoms with Gasteiger partial charge in [-0.25, -0.2) is 0 Å². The van der Waals surface area contributed by atoms with Crippen LogP contribution in [-0.2, 0) is 6.54 Å². The first-order chi connectivity index (χ1) is 13.5. The van der Waals surface area contributed by atoms with E-state index in [-0.39, 0.29) is 0 Å². The number of hydrogen-bond acceptors (Lipinski definition) is 3. The molecule has 4 nitrogen and oxygen atoms in total. The van der Waals surface area contributed by atoms with E-state index in [0.29, 0.717) is 6.61 Å². The van der Waals surface area contributed by atoms with Crippen LogP contribution in [0.1, 0.15) is 36.0 Å². The van der Waals surface area contributed by atoms with Crippen molar-refractivity contribution >= 4 is 10.9 Å². The van der Waals surface area contributed by atoms with Crippen LogP contribution in [0.2, 0.25) is 0 Å². The Kier molecular flexibility index (Phi) is 5.42. The molecule has 148 valence electrons. The molecule has 4 rings (SSSR count). The van der Waals surface area contributed by atoms with Crippen LogP contribution >= 0.6 is 0 Å². The predicted octanol–water partition coefficient (Wildman–Crippen LogP) is 4.58. The summed E-state index contributed by atoms with van der Waals surface area (Å²) in [7, 11) is 0. The Bertz CT molecular complexity index is 949. The lowest BCUT2D eigenvalue weighted by atomic mass is 9.96. The van der Waals surface area contributed by atoms with E-state index < -0.39 is 5.60 Å². The van der Waals surface area contributed by atoms with Crippen molar-refractivity contribution in [2.24, 2.45) is 0 Å². The molecule has 0 radical (unpaired) electrons. The molecular formula is C24H30N2O2. The summed E-state index contributed by atoms with van der Waals surface area (Å²) >= 11 is 0. The highest BCUT2D eigenvalue weighted by Crippen LogP contribution is 2.27. The largest absolute Gasteiger partial charge is 0.490 e. The summed E-state index contributed by atoms with van der Waals surface area (Å²) in [5.41, 5.74) is 4.10. The van der Waals surface area contributed by atoms with E-state index in [1.165, 1.54) is 22.0 Å². The molecule has 1 aromatic heterocycles. The van der Waals surface area contributed by atoms with Gasteiger partial charge in [-0.3, -0.25) is 4.90 Å². The van der Waals surface area contributed by atoms with Gasteiger partial charge in [0.1, 0.15) is 12.4 Å². The monoisotopic (exact) mass is 378 g/mol. The SMILES string of the molecule is Cc1ccc(OC[C@]2(O)CCCN(Cc3ccc4[nH]ccc4c3)CC2)c(C)c1. The van der Waals surface area contributed by atoms with Crippen molar-refractivity contribution in [2.45, 2.75) is 45.3 Å². The summed E-state index contributed by atoms with van der Waals surface area (Å²) in [6, 6.07) is 14.9. The Balaban J connectivity index is 1.35. The average molecular weight is 379 g/mol. The molecule has 0 aliphatic carbocycles. The molecule has 0 bridgehead atoms. The molecule has 2 aromatic carbocycles. The topological polar surface area (TPSA) is 48.5 Å². The maximum atomic E-state index is 11.1. The highest BCUT2D eigenvalue weighted by atomic mass is 16.5. The minimum atomic E-state index is -0.753. The molecule has 0 saturated carbocycles. The van der Waals surface area contributed by atoms with Crippen LogP contribution in [0.25, 0.3) is 10.9 Å². The highest BCUT2D eigenvalue weighted by molar-refractivity contribution is 5.79. The number of H-pyrrole nitrogens is 1. The van der Waals surface area contributed by atoms with Crippen molar-refractivity contribution in [1.29, 1.82) is 0 Å². The molecule has 2 N–H and O–H groups in total. The van der Waals surface area contributed by atoms with Gasteiger partial charge in [0.05, 0.1) is 5.60 Å². The molecular weight excluding hydrogens is 348 g/mol. The molecule has 3 aromatic rings. The number of nitrogens with one attached hydrogen (secondary N) is 1. The van der Waals surface area contributed by atoms with E-state index in [2.05, 4.69) is 60.1 Å². The zero-order chi connectivity index (χ0) is 19.6. The Labute approximate surface area is 167 Å². The molecule has 1 fully saturated rings. The maximum Gasteiger partial charge on any atom is 0.122 e. The summed E-state index contributed by atoms with van der Waals surface area (Å²) < 4.78 is 6.01. The van der Waals surface area contributed by atoms with E-state index in [9.17, 15) is 5.11 Å². The number of hydrogen-bond donors (Lipinski definition) is 2. The number of nitrogens with zero attached hydrogens (tertiary/aromatic N) is 1. The van der Waals surface area contributed by atoms with Gasteiger partial charge in [-0.05, 0) is 80.4 Å². The van der Waals surface area contributed by atoms with Gasteiger partial charge in [0.25, 0.3) is 0 Å². The Hall–Kier alpha value is -2.30. The number of aromatic nitrogens is 1. The van der Waals surface area contributed by atoms with Crippen molar-refractivity contribution in [3.8, 4) is 5.75 Å². The molecule has 4 heteroatoms. The fraction of sp³-hybridized carbons (Fsp3) is 0.417. The van der Waals surface area contributed by atoms with E-state index >= 15 is 0 Å². The second-order valence-corrected chi connectivity index (χ2v) is 8.31. The minimum Gasteiger partial charge on any atom is -0.490 e. The number of benzene rings is 2. The van der Waals surface area contributed by atoms with E-state index in [1.54, 1.807) is 0 Å². The van der Waals surface area contributed by atoms with Crippen molar-refractivity contribution in [3.63, 3.8) is 0 Å². The van der Waals surface area contributed by atoms with Gasteiger partial charge in [0, 0.05) is 24.8 Å². The third-order valence-electron chi connectivity index (χ3n) is 5.86. The molecule has 28 heavy (non-hydrogen) atoms. The van der Waals surface area contributed by atoms with Crippen molar-refractivity contribution in [1.82, 2.24) is 9.88 Å². The number of likely N-dealkylation sites (tertiary alicyclic amines) is 1. The highest BCUT2D eigenvalue weighted by Gasteiger charge is 2.31. The lowest BCUT2D eigenvalue weighted by molar-refractivity contribution is -0.0170. The van der Waals surface area contributed by atoms with Crippen LogP contribution in [0.4, 0.5) is 0 Å². The van der Waals surface area contributed by atoms with Crippen molar-refractivity contribution in [3.05, 3.63) is 65.4 Å². The van der Waals surface area contributed by atoms with Gasteiger partial charge in [0.15, 0.2) is 0 Å². The summed E-state index contributed by atoms with van der Waals surface area (Å²) in [5, 5.41) is 12.4. The molecule has 0 amide bonds. The first-order valence-electron chi connectivity index (χ1n) is 10.2. The second-order valence-electron chi connectivity index (χ2n) is 8.31. The maximum absolute atomic E-state index is 11.1. The second kappa shape index (κ2) is 7.98. The molecule has 1 aliphatic rings. The van der Waals surface area contributed by atoms with E-state index in [1.807, 2.05) is 12.3 Å². The van der Waals surface area contributed by atoms with Crippen molar-refractivity contribution < 1.29 is 9.84 Å². The fourth-order valence-corrected chi connectivity index (χ4v) is 4.17. The third-order valence-corrected chi connectivity index (χ3v) is 5.86. The van der Waals surface area contributed by atoms with Crippen LogP contribution in [0.5, 0.6) is 5.75 Å². The summed E-state index contributed by atoms with van der Waals surface area (Å²) in [5.74, 6) is 0.875. The van der Waals surface area contributed by atoms with Gasteiger partial charge in [-0.15, -0.1) is 0 Å². The van der Waals surface area contributed by atoms with Gasteiger partial charge in [-0.2, -0.15) is 0 Å². The van der Waals surface area contributed by atoms with E-state index in [0.717, 1.165) is 50.2 Å². The first-order valence-corrected chi connectivity index (χ1v) is 10.2. The third kappa shape index (κ3) is 4.40. The van der Waals surface area contributed by atoms with Crippen LogP contribution in [-0.4, -0.2) is 40.3 Å². The molecule has 1 saturated heterocycles. The fourth-order valence-electron chi connectivity index (χ4n) is 4.17. The minimum absolute atomic E-state index is 0.361. The van der Waals surface area contributed by atoms with Crippen LogP contribution < -0.4 is 4.74 Å². The summed E-state index contributed by atoms with van der Waals surface area (Å²) in [6.45, 7) is 7.32. The standard InChI is InChI=1S/C24H30N2O2/c1-18-4-7-23(19(2)14-18)28-17-24(27)9-3-12-26(13-10-24)16-20-5-6-22-21(15-20)8-11-25-22/h4-8,11,14-15,25,27H,3,9-10,12-13,16-17H2,1-2H3/t24-/m0/s1.